The van der Waals surface area contributed by atoms with Gasteiger partial charge in [0.15, 0.2) is 0 Å². The summed E-state index contributed by atoms with van der Waals surface area (Å²) in [5.41, 5.74) is 3.53. The molecule has 0 aliphatic rings. The standard InChI is InChI=1S/C17H18BrCl2N/c1-3-21-16(12-8-7-11(2)14(18)9-12)10-13-5-4-6-15(19)17(13)20/h4-9,16,21H,3,10H2,1-2H3. The van der Waals surface area contributed by atoms with Crippen molar-refractivity contribution >= 4 is 39.1 Å². The first-order valence-electron chi connectivity index (χ1n) is 6.95. The molecule has 0 aromatic heterocycles. The van der Waals surface area contributed by atoms with Crippen LogP contribution in [0.15, 0.2) is 40.9 Å². The maximum absolute atomic E-state index is 6.31. The van der Waals surface area contributed by atoms with E-state index in [2.05, 4.69) is 53.3 Å². The Morgan fingerprint density at radius 2 is 1.95 bits per heavy atom. The summed E-state index contributed by atoms with van der Waals surface area (Å²) in [7, 11) is 0. The lowest BCUT2D eigenvalue weighted by atomic mass is 9.98. The van der Waals surface area contributed by atoms with Gasteiger partial charge in [0.2, 0.25) is 0 Å². The Bertz CT molecular complexity index is 628. The Morgan fingerprint density at radius 3 is 2.62 bits per heavy atom. The molecule has 0 aliphatic carbocycles. The van der Waals surface area contributed by atoms with E-state index in [1.54, 1.807) is 0 Å². The molecule has 0 saturated heterocycles. The summed E-state index contributed by atoms with van der Waals surface area (Å²) in [6, 6.07) is 12.5. The summed E-state index contributed by atoms with van der Waals surface area (Å²) in [4.78, 5) is 0. The quantitative estimate of drug-likeness (QED) is 0.668. The summed E-state index contributed by atoms with van der Waals surface area (Å²) in [6.07, 6.45) is 0.808. The maximum atomic E-state index is 6.31. The highest BCUT2D eigenvalue weighted by Crippen LogP contribution is 2.30. The molecule has 1 nitrogen and oxygen atoms in total. The highest BCUT2D eigenvalue weighted by molar-refractivity contribution is 9.10. The fourth-order valence-corrected chi connectivity index (χ4v) is 3.10. The molecule has 0 aliphatic heterocycles. The first-order chi connectivity index (χ1) is 10.0. The molecule has 112 valence electrons. The van der Waals surface area contributed by atoms with E-state index in [9.17, 15) is 0 Å². The molecule has 2 aromatic rings. The Hall–Kier alpha value is -0.540. The average molecular weight is 387 g/mol. The molecule has 0 saturated carbocycles. The van der Waals surface area contributed by atoms with Crippen LogP contribution in [0.2, 0.25) is 10.0 Å². The zero-order valence-corrected chi connectivity index (χ0v) is 15.2. The van der Waals surface area contributed by atoms with Crippen molar-refractivity contribution in [3.05, 3.63) is 67.6 Å². The number of likely N-dealkylation sites (N-methyl/N-ethyl adjacent to an activating group) is 1. The third-order valence-electron chi connectivity index (χ3n) is 3.50. The van der Waals surface area contributed by atoms with Crippen LogP contribution in [0.4, 0.5) is 0 Å². The van der Waals surface area contributed by atoms with Crippen LogP contribution in [0, 0.1) is 6.92 Å². The van der Waals surface area contributed by atoms with Crippen LogP contribution in [0.1, 0.15) is 29.7 Å². The average Bonchev–Trinajstić information content (AvgIpc) is 2.46. The number of nitrogens with one attached hydrogen (secondary N) is 1. The predicted octanol–water partition coefficient (Wildman–Crippen LogP) is 5.96. The lowest BCUT2D eigenvalue weighted by molar-refractivity contribution is 0.549. The van der Waals surface area contributed by atoms with E-state index in [1.165, 1.54) is 11.1 Å². The normalized spacial score (nSPS) is 12.4. The summed E-state index contributed by atoms with van der Waals surface area (Å²) in [5, 5.41) is 4.77. The van der Waals surface area contributed by atoms with Crippen molar-refractivity contribution in [1.82, 2.24) is 5.32 Å². The van der Waals surface area contributed by atoms with Gasteiger partial charge in [0, 0.05) is 10.5 Å². The number of halogens is 3. The van der Waals surface area contributed by atoms with E-state index >= 15 is 0 Å². The number of aryl methyl sites for hydroxylation is 1. The van der Waals surface area contributed by atoms with Gasteiger partial charge in [-0.1, -0.05) is 70.3 Å². The highest BCUT2D eigenvalue weighted by atomic mass is 79.9. The van der Waals surface area contributed by atoms with Gasteiger partial charge < -0.3 is 5.32 Å². The van der Waals surface area contributed by atoms with Crippen LogP contribution in [-0.4, -0.2) is 6.54 Å². The topological polar surface area (TPSA) is 12.0 Å². The molecule has 1 atom stereocenters. The van der Waals surface area contributed by atoms with Crippen LogP contribution >= 0.6 is 39.1 Å². The molecule has 0 heterocycles. The lowest BCUT2D eigenvalue weighted by Crippen LogP contribution is -2.23. The Balaban J connectivity index is 2.30. The molecule has 1 unspecified atom stereocenters. The highest BCUT2D eigenvalue weighted by Gasteiger charge is 2.15. The van der Waals surface area contributed by atoms with E-state index in [0.29, 0.717) is 10.0 Å². The Kier molecular flexibility index (Phi) is 6.12. The molecular formula is C17H18BrCl2N. The Morgan fingerprint density at radius 1 is 1.19 bits per heavy atom. The van der Waals surface area contributed by atoms with Gasteiger partial charge in [0.1, 0.15) is 0 Å². The van der Waals surface area contributed by atoms with Gasteiger partial charge in [-0.3, -0.25) is 0 Å². The molecule has 0 fully saturated rings. The van der Waals surface area contributed by atoms with Crippen LogP contribution in [0.3, 0.4) is 0 Å². The predicted molar refractivity (Wildman–Crippen MR) is 95.5 cm³/mol. The van der Waals surface area contributed by atoms with E-state index in [1.807, 2.05) is 18.2 Å². The molecule has 0 spiro atoms. The second-order valence-corrected chi connectivity index (χ2v) is 6.68. The van der Waals surface area contributed by atoms with Crippen LogP contribution in [0.5, 0.6) is 0 Å². The van der Waals surface area contributed by atoms with E-state index in [0.717, 1.165) is 23.0 Å². The third kappa shape index (κ3) is 4.23. The third-order valence-corrected chi connectivity index (χ3v) is 5.22. The largest absolute Gasteiger partial charge is 0.310 e. The number of hydrogen-bond donors (Lipinski definition) is 1. The minimum Gasteiger partial charge on any atom is -0.310 e. The van der Waals surface area contributed by atoms with Gasteiger partial charge in [-0.25, -0.2) is 0 Å². The monoisotopic (exact) mass is 385 g/mol. The summed E-state index contributed by atoms with van der Waals surface area (Å²) < 4.78 is 1.13. The second-order valence-electron chi connectivity index (χ2n) is 5.04. The molecule has 21 heavy (non-hydrogen) atoms. The van der Waals surface area contributed by atoms with Crippen LogP contribution in [-0.2, 0) is 6.42 Å². The van der Waals surface area contributed by atoms with Crippen molar-refractivity contribution in [2.75, 3.05) is 6.54 Å². The van der Waals surface area contributed by atoms with E-state index in [4.69, 9.17) is 23.2 Å². The van der Waals surface area contributed by atoms with Gasteiger partial charge in [0.05, 0.1) is 10.0 Å². The zero-order chi connectivity index (χ0) is 15.4. The Labute approximate surface area is 144 Å². The van der Waals surface area contributed by atoms with E-state index < -0.39 is 0 Å². The van der Waals surface area contributed by atoms with Gasteiger partial charge in [0.25, 0.3) is 0 Å². The molecule has 1 N–H and O–H groups in total. The summed E-state index contributed by atoms with van der Waals surface area (Å²) in [5.74, 6) is 0. The lowest BCUT2D eigenvalue weighted by Gasteiger charge is -2.20. The fraction of sp³-hybridized carbons (Fsp3) is 0.294. The molecule has 2 aromatic carbocycles. The van der Waals surface area contributed by atoms with Crippen molar-refractivity contribution < 1.29 is 0 Å². The summed E-state index contributed by atoms with van der Waals surface area (Å²) >= 11 is 16.0. The number of rotatable bonds is 5. The number of hydrogen-bond acceptors (Lipinski definition) is 1. The van der Waals surface area contributed by atoms with Crippen LogP contribution in [0.25, 0.3) is 0 Å². The first-order valence-corrected chi connectivity index (χ1v) is 8.50. The minimum atomic E-state index is 0.211. The second kappa shape index (κ2) is 7.64. The summed E-state index contributed by atoms with van der Waals surface area (Å²) in [6.45, 7) is 5.09. The zero-order valence-electron chi connectivity index (χ0n) is 12.1. The van der Waals surface area contributed by atoms with Crippen LogP contribution < -0.4 is 5.32 Å². The van der Waals surface area contributed by atoms with Crippen molar-refractivity contribution in [2.24, 2.45) is 0 Å². The van der Waals surface area contributed by atoms with Gasteiger partial charge in [-0.15, -0.1) is 0 Å². The molecular weight excluding hydrogens is 369 g/mol. The smallest absolute Gasteiger partial charge is 0.0624 e. The SMILES string of the molecule is CCNC(Cc1cccc(Cl)c1Cl)c1ccc(C)c(Br)c1. The van der Waals surface area contributed by atoms with Gasteiger partial charge in [-0.2, -0.15) is 0 Å². The molecule has 4 heteroatoms. The number of benzene rings is 2. The van der Waals surface area contributed by atoms with Gasteiger partial charge >= 0.3 is 0 Å². The molecule has 0 amide bonds. The first kappa shape index (κ1) is 16.8. The maximum Gasteiger partial charge on any atom is 0.0624 e. The van der Waals surface area contributed by atoms with Crippen molar-refractivity contribution in [2.45, 2.75) is 26.3 Å². The molecule has 0 radical (unpaired) electrons. The minimum absolute atomic E-state index is 0.211. The molecule has 0 bridgehead atoms. The fourth-order valence-electron chi connectivity index (χ4n) is 2.31. The van der Waals surface area contributed by atoms with E-state index in [-0.39, 0.29) is 6.04 Å². The van der Waals surface area contributed by atoms with Crippen molar-refractivity contribution in [1.29, 1.82) is 0 Å². The van der Waals surface area contributed by atoms with Crippen molar-refractivity contribution in [3.8, 4) is 0 Å². The van der Waals surface area contributed by atoms with Gasteiger partial charge in [-0.05, 0) is 48.7 Å². The molecule has 2 rings (SSSR count). The van der Waals surface area contributed by atoms with Crippen molar-refractivity contribution in [3.63, 3.8) is 0 Å².